The number of carbonyl (C=O) groups excluding carboxylic acids is 1. The number of aliphatic hydroxyl groups excluding tert-OH is 1. The lowest BCUT2D eigenvalue weighted by Gasteiger charge is -2.34. The van der Waals surface area contributed by atoms with Crippen LogP contribution in [0.5, 0.6) is 0 Å². The van der Waals surface area contributed by atoms with E-state index >= 15 is 0 Å². The van der Waals surface area contributed by atoms with E-state index in [1.54, 1.807) is 10.9 Å². The molecule has 3 heterocycles. The Balaban J connectivity index is 1.38. The van der Waals surface area contributed by atoms with Crippen molar-refractivity contribution in [2.45, 2.75) is 25.1 Å². The van der Waals surface area contributed by atoms with E-state index in [0.717, 1.165) is 36.2 Å². The van der Waals surface area contributed by atoms with Gasteiger partial charge >= 0.3 is 0 Å². The summed E-state index contributed by atoms with van der Waals surface area (Å²) in [4.78, 5) is 18.5. The second kappa shape index (κ2) is 9.12. The minimum Gasteiger partial charge on any atom is -0.423 e. The van der Waals surface area contributed by atoms with Gasteiger partial charge in [-0.15, -0.1) is 0 Å². The van der Waals surface area contributed by atoms with Crippen LogP contribution >= 0.6 is 0 Å². The number of piperidine rings is 1. The number of nitrogens with one attached hydrogen (secondary N) is 1. The molecule has 34 heavy (non-hydrogen) atoms. The molecule has 9 nitrogen and oxygen atoms in total. The first kappa shape index (κ1) is 21.9. The van der Waals surface area contributed by atoms with Gasteiger partial charge in [-0.3, -0.25) is 14.4 Å². The Hall–Kier alpha value is -3.95. The SMILES string of the molecule is C=CC(O)N1CCC[C@@H](n2cc(C(N)=O)c(-c3ccc(Nc4nc5ccccc5o4)cc3)n2)C1. The molecule has 1 aliphatic heterocycles. The van der Waals surface area contributed by atoms with Crippen LogP contribution in [0.1, 0.15) is 29.2 Å². The Morgan fingerprint density at radius 3 is 2.79 bits per heavy atom. The number of likely N-dealkylation sites (tertiary alicyclic amines) is 1. The molecule has 174 valence electrons. The molecule has 1 unspecified atom stereocenters. The van der Waals surface area contributed by atoms with Crippen LogP contribution < -0.4 is 11.1 Å². The van der Waals surface area contributed by atoms with Crippen molar-refractivity contribution in [1.29, 1.82) is 0 Å². The van der Waals surface area contributed by atoms with Gasteiger partial charge in [-0.25, -0.2) is 0 Å². The van der Waals surface area contributed by atoms with Gasteiger partial charge in [0.15, 0.2) is 5.58 Å². The van der Waals surface area contributed by atoms with Crippen LogP contribution in [0.25, 0.3) is 22.4 Å². The Kier molecular flexibility index (Phi) is 5.87. The van der Waals surface area contributed by atoms with E-state index in [9.17, 15) is 9.90 Å². The van der Waals surface area contributed by atoms with Crippen LogP contribution in [0, 0.1) is 0 Å². The lowest BCUT2D eigenvalue weighted by atomic mass is 10.1. The molecule has 2 atom stereocenters. The Morgan fingerprint density at radius 2 is 2.06 bits per heavy atom. The number of carbonyl (C=O) groups is 1. The van der Waals surface area contributed by atoms with Crippen molar-refractivity contribution >= 4 is 28.7 Å². The molecule has 0 spiro atoms. The monoisotopic (exact) mass is 458 g/mol. The van der Waals surface area contributed by atoms with E-state index in [1.807, 2.05) is 53.4 Å². The predicted octanol–water partition coefficient (Wildman–Crippen LogP) is 3.68. The summed E-state index contributed by atoms with van der Waals surface area (Å²) in [5.74, 6) is -0.534. The molecule has 4 aromatic rings. The molecule has 0 radical (unpaired) electrons. The molecule has 4 N–H and O–H groups in total. The number of para-hydroxylation sites is 2. The van der Waals surface area contributed by atoms with E-state index in [4.69, 9.17) is 15.2 Å². The zero-order valence-electron chi connectivity index (χ0n) is 18.6. The minimum atomic E-state index is -0.699. The maximum Gasteiger partial charge on any atom is 0.300 e. The fourth-order valence-corrected chi connectivity index (χ4v) is 4.32. The second-order valence-corrected chi connectivity index (χ2v) is 8.37. The molecule has 2 aromatic carbocycles. The third-order valence-electron chi connectivity index (χ3n) is 6.09. The van der Waals surface area contributed by atoms with Crippen molar-refractivity contribution in [3.63, 3.8) is 0 Å². The van der Waals surface area contributed by atoms with Gasteiger partial charge in [0, 0.05) is 30.5 Å². The van der Waals surface area contributed by atoms with Gasteiger partial charge in [-0.1, -0.05) is 30.8 Å². The largest absolute Gasteiger partial charge is 0.423 e. The fourth-order valence-electron chi connectivity index (χ4n) is 4.32. The molecule has 1 saturated heterocycles. The molecule has 9 heteroatoms. The summed E-state index contributed by atoms with van der Waals surface area (Å²) in [7, 11) is 0. The number of benzene rings is 2. The van der Waals surface area contributed by atoms with Crippen LogP contribution in [0.4, 0.5) is 11.7 Å². The summed E-state index contributed by atoms with van der Waals surface area (Å²) in [6, 6.07) is 15.5. The molecule has 2 aromatic heterocycles. The van der Waals surface area contributed by atoms with Crippen molar-refractivity contribution in [2.75, 3.05) is 18.4 Å². The standard InChI is InChI=1S/C25H26N6O3/c1-2-22(32)30-13-5-6-18(14-30)31-15-19(24(26)33)23(29-31)16-9-11-17(12-10-16)27-25-28-20-7-3-4-8-21(20)34-25/h2-4,7-12,15,18,22,32H,1,5-6,13-14H2,(H2,26,33)(H,27,28)/t18-,22?/m1/s1. The van der Waals surface area contributed by atoms with Gasteiger partial charge in [-0.2, -0.15) is 10.1 Å². The fraction of sp³-hybridized carbons (Fsp3) is 0.240. The molecule has 0 bridgehead atoms. The smallest absolute Gasteiger partial charge is 0.300 e. The Bertz CT molecular complexity index is 1290. The van der Waals surface area contributed by atoms with E-state index in [1.165, 1.54) is 6.08 Å². The number of primary amides is 1. The quantitative estimate of drug-likeness (QED) is 0.361. The number of anilines is 2. The molecule has 1 amide bonds. The number of aromatic nitrogens is 3. The van der Waals surface area contributed by atoms with Gasteiger partial charge in [0.05, 0.1) is 11.6 Å². The molecular weight excluding hydrogens is 432 g/mol. The lowest BCUT2D eigenvalue weighted by Crippen LogP contribution is -2.42. The van der Waals surface area contributed by atoms with Gasteiger partial charge < -0.3 is 20.6 Å². The van der Waals surface area contributed by atoms with Crippen LogP contribution in [-0.4, -0.2) is 50.0 Å². The maximum atomic E-state index is 12.2. The van der Waals surface area contributed by atoms with E-state index < -0.39 is 12.1 Å². The summed E-state index contributed by atoms with van der Waals surface area (Å²) in [5.41, 5.74) is 9.61. The summed E-state index contributed by atoms with van der Waals surface area (Å²) in [6.45, 7) is 5.07. The Morgan fingerprint density at radius 1 is 1.26 bits per heavy atom. The first-order valence-corrected chi connectivity index (χ1v) is 11.2. The lowest BCUT2D eigenvalue weighted by molar-refractivity contribution is 0.0121. The highest BCUT2D eigenvalue weighted by Gasteiger charge is 2.27. The third kappa shape index (κ3) is 4.30. The van der Waals surface area contributed by atoms with Gasteiger partial charge in [-0.05, 0) is 43.2 Å². The molecule has 0 saturated carbocycles. The normalized spacial score (nSPS) is 17.5. The minimum absolute atomic E-state index is 0.0234. The summed E-state index contributed by atoms with van der Waals surface area (Å²) >= 11 is 0. The number of hydrogen-bond acceptors (Lipinski definition) is 7. The average molecular weight is 459 g/mol. The number of hydrogen-bond donors (Lipinski definition) is 3. The highest BCUT2D eigenvalue weighted by Crippen LogP contribution is 2.29. The first-order chi connectivity index (χ1) is 16.5. The number of oxazole rings is 1. The molecular formula is C25H26N6O3. The topological polar surface area (TPSA) is 122 Å². The van der Waals surface area contributed by atoms with Crippen molar-refractivity contribution in [3.8, 4) is 11.3 Å². The molecule has 5 rings (SSSR count). The molecule has 1 fully saturated rings. The summed E-state index contributed by atoms with van der Waals surface area (Å²) in [5, 5.41) is 18.0. The zero-order chi connectivity index (χ0) is 23.7. The number of rotatable bonds is 7. The number of nitrogens with zero attached hydrogens (tertiary/aromatic N) is 4. The summed E-state index contributed by atoms with van der Waals surface area (Å²) < 4.78 is 7.51. The van der Waals surface area contributed by atoms with Crippen molar-refractivity contribution < 1.29 is 14.3 Å². The second-order valence-electron chi connectivity index (χ2n) is 8.37. The van der Waals surface area contributed by atoms with E-state index in [0.29, 0.717) is 29.4 Å². The Labute approximate surface area is 196 Å². The van der Waals surface area contributed by atoms with Crippen LogP contribution in [-0.2, 0) is 0 Å². The predicted molar refractivity (Wildman–Crippen MR) is 130 cm³/mol. The van der Waals surface area contributed by atoms with Gasteiger partial charge in [0.25, 0.3) is 11.9 Å². The third-order valence-corrected chi connectivity index (χ3v) is 6.09. The number of nitrogens with two attached hydrogens (primary N) is 1. The zero-order valence-corrected chi connectivity index (χ0v) is 18.6. The summed E-state index contributed by atoms with van der Waals surface area (Å²) in [6.07, 6.45) is 4.33. The molecule has 0 aliphatic carbocycles. The van der Waals surface area contributed by atoms with Crippen LogP contribution in [0.3, 0.4) is 0 Å². The maximum absolute atomic E-state index is 12.2. The van der Waals surface area contributed by atoms with Crippen molar-refractivity contribution in [3.05, 3.63) is 72.9 Å². The number of amides is 1. The van der Waals surface area contributed by atoms with Crippen LogP contribution in [0.2, 0.25) is 0 Å². The van der Waals surface area contributed by atoms with E-state index in [-0.39, 0.29) is 6.04 Å². The highest BCUT2D eigenvalue weighted by molar-refractivity contribution is 5.98. The van der Waals surface area contributed by atoms with Gasteiger partial charge in [0.1, 0.15) is 17.4 Å². The number of aliphatic hydroxyl groups is 1. The highest BCUT2D eigenvalue weighted by atomic mass is 16.4. The van der Waals surface area contributed by atoms with Crippen molar-refractivity contribution in [2.24, 2.45) is 5.73 Å². The van der Waals surface area contributed by atoms with E-state index in [2.05, 4.69) is 16.9 Å². The molecule has 1 aliphatic rings. The first-order valence-electron chi connectivity index (χ1n) is 11.2. The average Bonchev–Trinajstić information content (AvgIpc) is 3.48. The van der Waals surface area contributed by atoms with Gasteiger partial charge in [0.2, 0.25) is 0 Å². The van der Waals surface area contributed by atoms with Crippen molar-refractivity contribution in [1.82, 2.24) is 19.7 Å². The number of fused-ring (bicyclic) bond motifs is 1. The van der Waals surface area contributed by atoms with Crippen LogP contribution in [0.15, 0.2) is 71.8 Å².